The van der Waals surface area contributed by atoms with Crippen molar-refractivity contribution in [3.05, 3.63) is 0 Å². The second kappa shape index (κ2) is 4.22. The van der Waals surface area contributed by atoms with Crippen LogP contribution in [0.5, 0.6) is 0 Å². The van der Waals surface area contributed by atoms with Crippen molar-refractivity contribution in [1.29, 1.82) is 0 Å². The van der Waals surface area contributed by atoms with Crippen LogP contribution in [-0.2, 0) is 4.74 Å². The first-order chi connectivity index (χ1) is 7.45. The van der Waals surface area contributed by atoms with Crippen molar-refractivity contribution in [2.24, 2.45) is 11.3 Å². The minimum atomic E-state index is -2.52. The van der Waals surface area contributed by atoms with Gasteiger partial charge in [0.1, 0.15) is 0 Å². The molecule has 1 saturated heterocycles. The summed E-state index contributed by atoms with van der Waals surface area (Å²) in [7, 11) is 1.72. The molecule has 0 radical (unpaired) electrons. The van der Waals surface area contributed by atoms with Gasteiger partial charge >= 0.3 is 0 Å². The first-order valence-electron chi connectivity index (χ1n) is 6.04. The topological polar surface area (TPSA) is 12.5 Å². The maximum absolute atomic E-state index is 13.1. The van der Waals surface area contributed by atoms with Crippen molar-refractivity contribution in [1.82, 2.24) is 4.90 Å². The Morgan fingerprint density at radius 3 is 2.56 bits per heavy atom. The molecule has 0 aromatic carbocycles. The van der Waals surface area contributed by atoms with Crippen molar-refractivity contribution >= 4 is 0 Å². The average Bonchev–Trinajstić information content (AvgIpc) is 2.75. The molecular formula is C12H21F2NO. The third-order valence-corrected chi connectivity index (χ3v) is 3.96. The third-order valence-electron chi connectivity index (χ3n) is 3.96. The predicted octanol–water partition coefficient (Wildman–Crippen LogP) is 2.39. The monoisotopic (exact) mass is 233 g/mol. The fourth-order valence-electron chi connectivity index (χ4n) is 2.70. The Labute approximate surface area is 95.9 Å². The normalized spacial score (nSPS) is 29.6. The predicted molar refractivity (Wildman–Crippen MR) is 58.7 cm³/mol. The number of likely N-dealkylation sites (tertiary alicyclic amines) is 1. The summed E-state index contributed by atoms with van der Waals surface area (Å²) in [5.74, 6) is -2.97. The van der Waals surface area contributed by atoms with Gasteiger partial charge in [-0.15, -0.1) is 0 Å². The maximum Gasteiger partial charge on any atom is 0.249 e. The fourth-order valence-corrected chi connectivity index (χ4v) is 2.70. The smallest absolute Gasteiger partial charge is 0.249 e. The summed E-state index contributed by atoms with van der Waals surface area (Å²) in [4.78, 5) is 2.19. The zero-order chi connectivity index (χ0) is 11.8. The summed E-state index contributed by atoms with van der Waals surface area (Å²) in [6.07, 6.45) is 3.00. The summed E-state index contributed by atoms with van der Waals surface area (Å²) in [5.41, 5.74) is 0.284. The van der Waals surface area contributed by atoms with Crippen LogP contribution in [0, 0.1) is 11.3 Å². The molecular weight excluding hydrogens is 212 g/mol. The lowest BCUT2D eigenvalue weighted by Crippen LogP contribution is -2.33. The molecule has 4 heteroatoms. The largest absolute Gasteiger partial charge is 0.384 e. The number of hydrogen-bond acceptors (Lipinski definition) is 2. The fraction of sp³-hybridized carbons (Fsp3) is 1.00. The molecule has 1 atom stereocenters. The molecule has 1 saturated carbocycles. The Morgan fingerprint density at radius 2 is 2.12 bits per heavy atom. The van der Waals surface area contributed by atoms with E-state index in [1.165, 1.54) is 12.8 Å². The molecule has 16 heavy (non-hydrogen) atoms. The Balaban J connectivity index is 1.81. The lowest BCUT2D eigenvalue weighted by molar-refractivity contribution is -0.0359. The van der Waals surface area contributed by atoms with Crippen molar-refractivity contribution in [2.45, 2.75) is 32.1 Å². The van der Waals surface area contributed by atoms with Gasteiger partial charge in [-0.05, 0) is 32.7 Å². The lowest BCUT2D eigenvalue weighted by atomic mass is 10.0. The van der Waals surface area contributed by atoms with E-state index in [2.05, 4.69) is 4.90 Å². The van der Waals surface area contributed by atoms with Gasteiger partial charge in [-0.3, -0.25) is 0 Å². The number of nitrogens with zero attached hydrogens (tertiary/aromatic N) is 1. The Morgan fingerprint density at radius 1 is 1.44 bits per heavy atom. The second-order valence-electron chi connectivity index (χ2n) is 5.61. The van der Waals surface area contributed by atoms with Gasteiger partial charge in [0.15, 0.2) is 0 Å². The minimum absolute atomic E-state index is 0.284. The zero-order valence-electron chi connectivity index (χ0n) is 10.1. The van der Waals surface area contributed by atoms with E-state index < -0.39 is 11.8 Å². The molecule has 1 aliphatic heterocycles. The number of hydrogen-bond donors (Lipinski definition) is 0. The van der Waals surface area contributed by atoms with Crippen LogP contribution >= 0.6 is 0 Å². The molecule has 1 aliphatic carbocycles. The SMILES string of the molecule is COCC1(CN2CCC(C(C)(F)F)C2)CC1. The van der Waals surface area contributed by atoms with E-state index in [9.17, 15) is 8.78 Å². The molecule has 0 aromatic heterocycles. The third kappa shape index (κ3) is 2.72. The lowest BCUT2D eigenvalue weighted by Gasteiger charge is -2.24. The van der Waals surface area contributed by atoms with Crippen LogP contribution in [0.1, 0.15) is 26.2 Å². The highest BCUT2D eigenvalue weighted by Crippen LogP contribution is 2.47. The van der Waals surface area contributed by atoms with E-state index in [0.29, 0.717) is 13.0 Å². The molecule has 0 bridgehead atoms. The standard InChI is InChI=1S/C12H21F2NO/c1-11(13,14)10-3-6-15(7-10)8-12(4-5-12)9-16-2/h10H,3-9H2,1-2H3. The number of halogens is 2. The summed E-state index contributed by atoms with van der Waals surface area (Å²) in [6, 6.07) is 0. The van der Waals surface area contributed by atoms with Gasteiger partial charge < -0.3 is 9.64 Å². The van der Waals surface area contributed by atoms with Gasteiger partial charge in [0.25, 0.3) is 0 Å². The minimum Gasteiger partial charge on any atom is -0.384 e. The highest BCUT2D eigenvalue weighted by atomic mass is 19.3. The maximum atomic E-state index is 13.1. The number of rotatable bonds is 5. The molecule has 0 amide bonds. The Bertz CT molecular complexity index is 248. The van der Waals surface area contributed by atoms with E-state index in [0.717, 1.165) is 26.6 Å². The number of alkyl halides is 2. The van der Waals surface area contributed by atoms with Crippen molar-refractivity contribution in [2.75, 3.05) is 33.4 Å². The van der Waals surface area contributed by atoms with Crippen LogP contribution in [-0.4, -0.2) is 44.2 Å². The van der Waals surface area contributed by atoms with Crippen LogP contribution < -0.4 is 0 Å². The summed E-state index contributed by atoms with van der Waals surface area (Å²) >= 11 is 0. The summed E-state index contributed by atoms with van der Waals surface area (Å²) in [5, 5.41) is 0. The molecule has 1 heterocycles. The van der Waals surface area contributed by atoms with Crippen LogP contribution in [0.3, 0.4) is 0 Å². The van der Waals surface area contributed by atoms with E-state index in [4.69, 9.17) is 4.74 Å². The van der Waals surface area contributed by atoms with Gasteiger partial charge in [0, 0.05) is 31.5 Å². The molecule has 0 spiro atoms. The van der Waals surface area contributed by atoms with Crippen molar-refractivity contribution in [3.63, 3.8) is 0 Å². The highest BCUT2D eigenvalue weighted by Gasteiger charge is 2.46. The average molecular weight is 233 g/mol. The van der Waals surface area contributed by atoms with Gasteiger partial charge in [0.2, 0.25) is 5.92 Å². The molecule has 0 aromatic rings. The van der Waals surface area contributed by atoms with Crippen LogP contribution in [0.4, 0.5) is 8.78 Å². The van der Waals surface area contributed by atoms with Gasteiger partial charge in [-0.2, -0.15) is 0 Å². The van der Waals surface area contributed by atoms with Gasteiger partial charge in [0.05, 0.1) is 6.61 Å². The van der Waals surface area contributed by atoms with E-state index in [1.807, 2.05) is 0 Å². The van der Waals surface area contributed by atoms with E-state index in [-0.39, 0.29) is 5.41 Å². The van der Waals surface area contributed by atoms with E-state index >= 15 is 0 Å². The molecule has 1 unspecified atom stereocenters. The number of methoxy groups -OCH3 is 1. The molecule has 2 nitrogen and oxygen atoms in total. The summed E-state index contributed by atoms with van der Waals surface area (Å²) < 4.78 is 31.5. The van der Waals surface area contributed by atoms with Crippen LogP contribution in [0.15, 0.2) is 0 Å². The molecule has 2 fully saturated rings. The zero-order valence-corrected chi connectivity index (χ0v) is 10.1. The quantitative estimate of drug-likeness (QED) is 0.723. The second-order valence-corrected chi connectivity index (χ2v) is 5.61. The summed E-state index contributed by atoms with van der Waals surface area (Å²) in [6.45, 7) is 4.13. The first-order valence-corrected chi connectivity index (χ1v) is 6.04. The van der Waals surface area contributed by atoms with Crippen LogP contribution in [0.25, 0.3) is 0 Å². The molecule has 2 rings (SSSR count). The van der Waals surface area contributed by atoms with Crippen molar-refractivity contribution < 1.29 is 13.5 Å². The van der Waals surface area contributed by atoms with Gasteiger partial charge in [-0.25, -0.2) is 8.78 Å². The molecule has 0 N–H and O–H groups in total. The Kier molecular flexibility index (Phi) is 3.23. The molecule has 94 valence electrons. The highest BCUT2D eigenvalue weighted by molar-refractivity contribution is 4.97. The molecule has 2 aliphatic rings. The number of ether oxygens (including phenoxy) is 1. The van der Waals surface area contributed by atoms with Crippen molar-refractivity contribution in [3.8, 4) is 0 Å². The van der Waals surface area contributed by atoms with E-state index in [1.54, 1.807) is 7.11 Å². The first kappa shape index (κ1) is 12.2. The van der Waals surface area contributed by atoms with Crippen LogP contribution in [0.2, 0.25) is 0 Å². The Hall–Kier alpha value is -0.220. The van der Waals surface area contributed by atoms with Gasteiger partial charge in [-0.1, -0.05) is 0 Å².